The van der Waals surface area contributed by atoms with Crippen molar-refractivity contribution in [3.8, 4) is 0 Å². The number of carbonyl (C=O) groups is 1. The predicted molar refractivity (Wildman–Crippen MR) is 71.0 cm³/mol. The maximum Gasteiger partial charge on any atom is 0.407 e. The average molecular weight is 294 g/mol. The van der Waals surface area contributed by atoms with Gasteiger partial charge in [-0.05, 0) is 34.1 Å². The molecule has 0 aromatic rings. The van der Waals surface area contributed by atoms with Crippen molar-refractivity contribution < 1.29 is 23.0 Å². The number of halogens is 2. The van der Waals surface area contributed by atoms with Gasteiger partial charge in [0.05, 0.1) is 19.2 Å². The quantitative estimate of drug-likeness (QED) is 0.813. The molecule has 2 atom stereocenters. The SMILES string of the molecule is CC1OCCC1NCC(F)(F)CNC(=O)OC(C)(C)C. The van der Waals surface area contributed by atoms with Gasteiger partial charge in [0.1, 0.15) is 5.60 Å². The smallest absolute Gasteiger partial charge is 0.407 e. The van der Waals surface area contributed by atoms with Crippen LogP contribution in [-0.4, -0.2) is 49.5 Å². The fourth-order valence-corrected chi connectivity index (χ4v) is 1.86. The zero-order valence-electron chi connectivity index (χ0n) is 12.5. The predicted octanol–water partition coefficient (Wildman–Crippen LogP) is 1.91. The van der Waals surface area contributed by atoms with Crippen molar-refractivity contribution in [2.75, 3.05) is 19.7 Å². The number of hydrogen-bond donors (Lipinski definition) is 2. The molecule has 0 aromatic carbocycles. The molecule has 0 aliphatic carbocycles. The highest BCUT2D eigenvalue weighted by molar-refractivity contribution is 5.67. The molecule has 1 saturated heterocycles. The molecule has 0 aromatic heterocycles. The Morgan fingerprint density at radius 1 is 1.35 bits per heavy atom. The molecule has 0 saturated carbocycles. The van der Waals surface area contributed by atoms with E-state index in [4.69, 9.17) is 9.47 Å². The molecule has 1 aliphatic rings. The molecular formula is C13H24F2N2O3. The number of alkyl carbamates (subject to hydrolysis) is 1. The lowest BCUT2D eigenvalue weighted by atomic mass is 10.1. The van der Waals surface area contributed by atoms with Crippen LogP contribution in [0.4, 0.5) is 13.6 Å². The third-order valence-corrected chi connectivity index (χ3v) is 2.89. The number of ether oxygens (including phenoxy) is 2. The Hall–Kier alpha value is -0.950. The molecular weight excluding hydrogens is 270 g/mol. The molecule has 0 bridgehead atoms. The van der Waals surface area contributed by atoms with E-state index in [1.54, 1.807) is 20.8 Å². The van der Waals surface area contributed by atoms with Gasteiger partial charge in [-0.1, -0.05) is 0 Å². The average Bonchev–Trinajstić information content (AvgIpc) is 2.68. The van der Waals surface area contributed by atoms with E-state index >= 15 is 0 Å². The highest BCUT2D eigenvalue weighted by atomic mass is 19.3. The molecule has 0 radical (unpaired) electrons. The van der Waals surface area contributed by atoms with Gasteiger partial charge in [0.15, 0.2) is 0 Å². The summed E-state index contributed by atoms with van der Waals surface area (Å²) in [6, 6.07) is -0.0672. The van der Waals surface area contributed by atoms with Gasteiger partial charge in [0, 0.05) is 12.6 Å². The number of amides is 1. The van der Waals surface area contributed by atoms with E-state index < -0.39 is 30.7 Å². The van der Waals surface area contributed by atoms with Gasteiger partial charge in [0.2, 0.25) is 0 Å². The van der Waals surface area contributed by atoms with Crippen LogP contribution in [0.25, 0.3) is 0 Å². The van der Waals surface area contributed by atoms with Gasteiger partial charge in [-0.25, -0.2) is 13.6 Å². The van der Waals surface area contributed by atoms with Gasteiger partial charge >= 0.3 is 6.09 Å². The first-order valence-corrected chi connectivity index (χ1v) is 6.79. The van der Waals surface area contributed by atoms with E-state index in [-0.39, 0.29) is 12.1 Å². The van der Waals surface area contributed by atoms with E-state index in [0.717, 1.165) is 6.42 Å². The number of rotatable bonds is 5. The minimum atomic E-state index is -3.03. The van der Waals surface area contributed by atoms with Crippen molar-refractivity contribution in [1.29, 1.82) is 0 Å². The van der Waals surface area contributed by atoms with Gasteiger partial charge in [-0.15, -0.1) is 0 Å². The first-order valence-electron chi connectivity index (χ1n) is 6.79. The first kappa shape index (κ1) is 17.1. The van der Waals surface area contributed by atoms with E-state index in [0.29, 0.717) is 6.61 Å². The Labute approximate surface area is 118 Å². The normalized spacial score (nSPS) is 23.7. The number of nitrogens with one attached hydrogen (secondary N) is 2. The van der Waals surface area contributed by atoms with Crippen LogP contribution in [0.2, 0.25) is 0 Å². The number of alkyl halides is 2. The molecule has 0 spiro atoms. The van der Waals surface area contributed by atoms with Crippen LogP contribution >= 0.6 is 0 Å². The van der Waals surface area contributed by atoms with Crippen LogP contribution in [0.15, 0.2) is 0 Å². The molecule has 1 amide bonds. The third-order valence-electron chi connectivity index (χ3n) is 2.89. The maximum absolute atomic E-state index is 13.6. The van der Waals surface area contributed by atoms with E-state index in [2.05, 4.69) is 10.6 Å². The zero-order chi connectivity index (χ0) is 15.4. The third kappa shape index (κ3) is 6.47. The van der Waals surface area contributed by atoms with Crippen molar-refractivity contribution in [1.82, 2.24) is 10.6 Å². The molecule has 20 heavy (non-hydrogen) atoms. The molecule has 1 rings (SSSR count). The Morgan fingerprint density at radius 3 is 2.50 bits per heavy atom. The maximum atomic E-state index is 13.6. The van der Waals surface area contributed by atoms with Crippen molar-refractivity contribution in [3.63, 3.8) is 0 Å². The van der Waals surface area contributed by atoms with Crippen LogP contribution in [0.3, 0.4) is 0 Å². The summed E-state index contributed by atoms with van der Waals surface area (Å²) in [6.07, 6.45) is -0.184. The molecule has 5 nitrogen and oxygen atoms in total. The zero-order valence-corrected chi connectivity index (χ0v) is 12.5. The lowest BCUT2D eigenvalue weighted by Crippen LogP contribution is -2.48. The molecule has 1 fully saturated rings. The molecule has 7 heteroatoms. The van der Waals surface area contributed by atoms with Crippen LogP contribution in [0.5, 0.6) is 0 Å². The Balaban J connectivity index is 2.28. The minimum absolute atomic E-state index is 0.0652. The number of carbonyl (C=O) groups excluding carboxylic acids is 1. The Kier molecular flexibility index (Phi) is 5.70. The first-order chi connectivity index (χ1) is 9.09. The van der Waals surface area contributed by atoms with Gasteiger partial charge in [-0.2, -0.15) is 0 Å². The Morgan fingerprint density at radius 2 is 2.00 bits per heavy atom. The van der Waals surface area contributed by atoms with Crippen molar-refractivity contribution in [2.24, 2.45) is 0 Å². The summed E-state index contributed by atoms with van der Waals surface area (Å²) in [7, 11) is 0. The largest absolute Gasteiger partial charge is 0.444 e. The molecule has 2 N–H and O–H groups in total. The lowest BCUT2D eigenvalue weighted by Gasteiger charge is -2.23. The van der Waals surface area contributed by atoms with E-state index in [9.17, 15) is 13.6 Å². The molecule has 2 unspecified atom stereocenters. The summed E-state index contributed by atoms with van der Waals surface area (Å²) in [5, 5.41) is 4.86. The second-order valence-electron chi connectivity index (χ2n) is 6.06. The second kappa shape index (κ2) is 6.67. The highest BCUT2D eigenvalue weighted by Crippen LogP contribution is 2.16. The van der Waals surface area contributed by atoms with Crippen LogP contribution in [-0.2, 0) is 9.47 Å². The van der Waals surface area contributed by atoms with E-state index in [1.807, 2.05) is 6.92 Å². The van der Waals surface area contributed by atoms with Crippen LogP contribution < -0.4 is 10.6 Å². The lowest BCUT2D eigenvalue weighted by molar-refractivity contribution is -0.00749. The summed E-state index contributed by atoms with van der Waals surface area (Å²) < 4.78 is 37.4. The summed E-state index contributed by atoms with van der Waals surface area (Å²) in [4.78, 5) is 11.3. The second-order valence-corrected chi connectivity index (χ2v) is 6.06. The molecule has 1 aliphatic heterocycles. The van der Waals surface area contributed by atoms with Crippen molar-refractivity contribution in [3.05, 3.63) is 0 Å². The summed E-state index contributed by atoms with van der Waals surface area (Å²) in [5.74, 6) is -3.03. The summed E-state index contributed by atoms with van der Waals surface area (Å²) >= 11 is 0. The molecule has 1 heterocycles. The van der Waals surface area contributed by atoms with Crippen molar-refractivity contribution >= 4 is 6.09 Å². The van der Waals surface area contributed by atoms with Crippen molar-refractivity contribution in [2.45, 2.75) is 57.8 Å². The highest BCUT2D eigenvalue weighted by Gasteiger charge is 2.33. The fourth-order valence-electron chi connectivity index (χ4n) is 1.86. The summed E-state index contributed by atoms with van der Waals surface area (Å²) in [5.41, 5.74) is -0.700. The Bertz CT molecular complexity index is 332. The van der Waals surface area contributed by atoms with Crippen LogP contribution in [0, 0.1) is 0 Å². The topological polar surface area (TPSA) is 59.6 Å². The molecule has 118 valence electrons. The van der Waals surface area contributed by atoms with Gasteiger partial charge < -0.3 is 20.1 Å². The fraction of sp³-hybridized carbons (Fsp3) is 0.923. The number of hydrogen-bond acceptors (Lipinski definition) is 4. The van der Waals surface area contributed by atoms with E-state index in [1.165, 1.54) is 0 Å². The monoisotopic (exact) mass is 294 g/mol. The van der Waals surface area contributed by atoms with Crippen LogP contribution in [0.1, 0.15) is 34.1 Å². The van der Waals surface area contributed by atoms with Gasteiger partial charge in [0.25, 0.3) is 5.92 Å². The minimum Gasteiger partial charge on any atom is -0.444 e. The van der Waals surface area contributed by atoms with Gasteiger partial charge in [-0.3, -0.25) is 0 Å². The summed E-state index contributed by atoms with van der Waals surface area (Å²) in [6.45, 7) is 6.20. The standard InChI is InChI=1S/C13H24F2N2O3/c1-9-10(5-6-19-9)16-7-13(14,15)8-17-11(18)20-12(2,3)4/h9-10,16H,5-8H2,1-4H3,(H,17,18).